The number of hydrogen-bond acceptors (Lipinski definition) is 1. The molecule has 4 heteroatoms. The molecule has 0 aliphatic rings. The van der Waals surface area contributed by atoms with Gasteiger partial charge < -0.3 is 5.73 Å². The summed E-state index contributed by atoms with van der Waals surface area (Å²) in [6, 6.07) is 8.49. The van der Waals surface area contributed by atoms with Crippen molar-refractivity contribution in [3.05, 3.63) is 58.6 Å². The van der Waals surface area contributed by atoms with Gasteiger partial charge in [-0.25, -0.2) is 8.78 Å². The van der Waals surface area contributed by atoms with Gasteiger partial charge in [0.05, 0.1) is 0 Å². The average Bonchev–Trinajstić information content (AvgIpc) is 2.27. The number of nitrogens with two attached hydrogens (primary N) is 1. The maximum absolute atomic E-state index is 13.1. The van der Waals surface area contributed by atoms with Gasteiger partial charge >= 0.3 is 0 Å². The molecule has 17 heavy (non-hydrogen) atoms. The maximum atomic E-state index is 13.1. The van der Waals surface area contributed by atoms with E-state index in [2.05, 4.69) is 0 Å². The van der Waals surface area contributed by atoms with Crippen molar-refractivity contribution >= 4 is 11.6 Å². The molecule has 0 aromatic heterocycles. The largest absolute Gasteiger partial charge is 0.326 e. The third kappa shape index (κ3) is 2.62. The van der Waals surface area contributed by atoms with Crippen LogP contribution in [0.25, 0.3) is 11.1 Å². The zero-order valence-corrected chi connectivity index (χ0v) is 9.64. The molecule has 0 heterocycles. The van der Waals surface area contributed by atoms with Crippen LogP contribution in [-0.4, -0.2) is 0 Å². The first kappa shape index (κ1) is 12.0. The molecule has 0 atom stereocenters. The molecule has 2 aromatic carbocycles. The highest BCUT2D eigenvalue weighted by molar-refractivity contribution is 6.31. The molecule has 1 nitrogen and oxygen atoms in total. The lowest BCUT2D eigenvalue weighted by molar-refractivity contribution is 0.584. The molecule has 0 unspecified atom stereocenters. The molecule has 2 rings (SSSR count). The smallest absolute Gasteiger partial charge is 0.126 e. The standard InChI is InChI=1S/C13H10ClF2N/c14-13-5-8(1-2-9(13)7-17)10-3-11(15)6-12(16)4-10/h1-6H,7,17H2. The second kappa shape index (κ2) is 4.82. The van der Waals surface area contributed by atoms with E-state index >= 15 is 0 Å². The molecule has 0 aliphatic carbocycles. The molecule has 0 fully saturated rings. The van der Waals surface area contributed by atoms with E-state index in [0.717, 1.165) is 11.6 Å². The van der Waals surface area contributed by atoms with Gasteiger partial charge in [0.15, 0.2) is 0 Å². The van der Waals surface area contributed by atoms with Gasteiger partial charge in [-0.05, 0) is 34.9 Å². The molecule has 0 bridgehead atoms. The Hall–Kier alpha value is -1.45. The normalized spacial score (nSPS) is 10.6. The molecule has 2 N–H and O–H groups in total. The van der Waals surface area contributed by atoms with Crippen molar-refractivity contribution < 1.29 is 8.78 Å². The Balaban J connectivity index is 2.49. The van der Waals surface area contributed by atoms with E-state index in [9.17, 15) is 8.78 Å². The summed E-state index contributed by atoms with van der Waals surface area (Å²) in [6.07, 6.45) is 0. The third-order valence-corrected chi connectivity index (χ3v) is 2.82. The van der Waals surface area contributed by atoms with Gasteiger partial charge in [0.25, 0.3) is 0 Å². The van der Waals surface area contributed by atoms with E-state index < -0.39 is 11.6 Å². The molecule has 0 amide bonds. The van der Waals surface area contributed by atoms with Crippen LogP contribution >= 0.6 is 11.6 Å². The highest BCUT2D eigenvalue weighted by atomic mass is 35.5. The van der Waals surface area contributed by atoms with E-state index in [1.165, 1.54) is 12.1 Å². The predicted octanol–water partition coefficient (Wildman–Crippen LogP) is 3.74. The average molecular weight is 254 g/mol. The molecule has 0 aliphatic heterocycles. The van der Waals surface area contributed by atoms with Gasteiger partial charge in [0.1, 0.15) is 11.6 Å². The second-order valence-corrected chi connectivity index (χ2v) is 4.08. The van der Waals surface area contributed by atoms with Crippen LogP contribution in [0, 0.1) is 11.6 Å². The molecule has 2 aromatic rings. The summed E-state index contributed by atoms with van der Waals surface area (Å²) in [5.74, 6) is -1.22. The molecular formula is C13H10ClF2N. The van der Waals surface area contributed by atoms with Gasteiger partial charge in [-0.1, -0.05) is 23.7 Å². The minimum atomic E-state index is -0.612. The van der Waals surface area contributed by atoms with Crippen molar-refractivity contribution in [2.24, 2.45) is 5.73 Å². The van der Waals surface area contributed by atoms with Gasteiger partial charge in [-0.3, -0.25) is 0 Å². The molecule has 0 saturated carbocycles. The van der Waals surface area contributed by atoms with Gasteiger partial charge in [0.2, 0.25) is 0 Å². The van der Waals surface area contributed by atoms with E-state index in [0.29, 0.717) is 22.7 Å². The first-order valence-electron chi connectivity index (χ1n) is 5.05. The van der Waals surface area contributed by atoms with Crippen LogP contribution in [0.1, 0.15) is 5.56 Å². The lowest BCUT2D eigenvalue weighted by Gasteiger charge is -2.06. The number of benzene rings is 2. The minimum Gasteiger partial charge on any atom is -0.326 e. The molecule has 0 radical (unpaired) electrons. The second-order valence-electron chi connectivity index (χ2n) is 3.67. The number of hydrogen-bond donors (Lipinski definition) is 1. The van der Waals surface area contributed by atoms with Crippen molar-refractivity contribution in [3.63, 3.8) is 0 Å². The molecule has 0 spiro atoms. The highest BCUT2D eigenvalue weighted by Gasteiger charge is 2.05. The number of rotatable bonds is 2. The van der Waals surface area contributed by atoms with Gasteiger partial charge in [0, 0.05) is 17.6 Å². The van der Waals surface area contributed by atoms with E-state index in [-0.39, 0.29) is 0 Å². The van der Waals surface area contributed by atoms with Crippen molar-refractivity contribution in [3.8, 4) is 11.1 Å². The Labute approximate surface area is 103 Å². The monoisotopic (exact) mass is 253 g/mol. The predicted molar refractivity (Wildman–Crippen MR) is 64.7 cm³/mol. The Morgan fingerprint density at radius 3 is 2.12 bits per heavy atom. The fourth-order valence-electron chi connectivity index (χ4n) is 1.61. The zero-order valence-electron chi connectivity index (χ0n) is 8.88. The lowest BCUT2D eigenvalue weighted by Crippen LogP contribution is -1.97. The van der Waals surface area contributed by atoms with Crippen LogP contribution in [0.2, 0.25) is 5.02 Å². The van der Waals surface area contributed by atoms with Crippen molar-refractivity contribution in [1.82, 2.24) is 0 Å². The van der Waals surface area contributed by atoms with E-state index in [1.807, 2.05) is 0 Å². The molecule has 88 valence electrons. The van der Waals surface area contributed by atoms with Crippen LogP contribution in [0.15, 0.2) is 36.4 Å². The Morgan fingerprint density at radius 2 is 1.59 bits per heavy atom. The van der Waals surface area contributed by atoms with Crippen LogP contribution in [-0.2, 0) is 6.54 Å². The van der Waals surface area contributed by atoms with Crippen molar-refractivity contribution in [2.45, 2.75) is 6.54 Å². The minimum absolute atomic E-state index is 0.330. The highest BCUT2D eigenvalue weighted by Crippen LogP contribution is 2.26. The van der Waals surface area contributed by atoms with Crippen molar-refractivity contribution in [2.75, 3.05) is 0 Å². The van der Waals surface area contributed by atoms with Gasteiger partial charge in [-0.2, -0.15) is 0 Å². The molecular weight excluding hydrogens is 244 g/mol. The summed E-state index contributed by atoms with van der Waals surface area (Å²) >= 11 is 5.99. The summed E-state index contributed by atoms with van der Waals surface area (Å²) in [6.45, 7) is 0.330. The fraction of sp³-hybridized carbons (Fsp3) is 0.0769. The summed E-state index contributed by atoms with van der Waals surface area (Å²) in [4.78, 5) is 0. The summed E-state index contributed by atoms with van der Waals surface area (Å²) < 4.78 is 26.1. The quantitative estimate of drug-likeness (QED) is 0.867. The summed E-state index contributed by atoms with van der Waals surface area (Å²) in [5, 5.41) is 0.495. The topological polar surface area (TPSA) is 26.0 Å². The number of halogens is 3. The zero-order chi connectivity index (χ0) is 12.4. The maximum Gasteiger partial charge on any atom is 0.126 e. The lowest BCUT2D eigenvalue weighted by atomic mass is 10.0. The van der Waals surface area contributed by atoms with Gasteiger partial charge in [-0.15, -0.1) is 0 Å². The summed E-state index contributed by atoms with van der Waals surface area (Å²) in [5.41, 5.74) is 7.39. The Morgan fingerprint density at radius 1 is 0.941 bits per heavy atom. The Bertz CT molecular complexity index is 535. The first-order chi connectivity index (χ1) is 8.10. The van der Waals surface area contributed by atoms with E-state index in [1.54, 1.807) is 18.2 Å². The third-order valence-electron chi connectivity index (χ3n) is 2.47. The van der Waals surface area contributed by atoms with Crippen LogP contribution in [0.4, 0.5) is 8.78 Å². The molecule has 0 saturated heterocycles. The first-order valence-corrected chi connectivity index (χ1v) is 5.43. The van der Waals surface area contributed by atoms with Crippen LogP contribution < -0.4 is 5.73 Å². The van der Waals surface area contributed by atoms with Crippen LogP contribution in [0.5, 0.6) is 0 Å². The Kier molecular flexibility index (Phi) is 3.41. The fourth-order valence-corrected chi connectivity index (χ4v) is 1.87. The van der Waals surface area contributed by atoms with E-state index in [4.69, 9.17) is 17.3 Å². The summed E-state index contributed by atoms with van der Waals surface area (Å²) in [7, 11) is 0. The van der Waals surface area contributed by atoms with Crippen molar-refractivity contribution in [1.29, 1.82) is 0 Å². The SMILES string of the molecule is NCc1ccc(-c2cc(F)cc(F)c2)cc1Cl. The van der Waals surface area contributed by atoms with Crippen LogP contribution in [0.3, 0.4) is 0 Å².